The normalized spacial score (nSPS) is 9.27. The fraction of sp³-hybridized carbons (Fsp3) is 0.875. The van der Waals surface area contributed by atoms with Gasteiger partial charge in [-0.2, -0.15) is 0 Å². The third-order valence-corrected chi connectivity index (χ3v) is 1.48. The van der Waals surface area contributed by atoms with E-state index in [1.165, 1.54) is 25.7 Å². The van der Waals surface area contributed by atoms with Crippen LogP contribution in [0.2, 0.25) is 0 Å². The standard InChI is InChI=1S/C8H19N2.K/c1-2-10-8-6-4-3-5-7-9;/h10H,1-9H2;/q-1;+1. The fourth-order valence-electron chi connectivity index (χ4n) is 0.873. The summed E-state index contributed by atoms with van der Waals surface area (Å²) in [6, 6.07) is 0. The van der Waals surface area contributed by atoms with Crippen LogP contribution < -0.4 is 62.4 Å². The molecule has 0 saturated carbocycles. The minimum Gasteiger partial charge on any atom is -0.346 e. The van der Waals surface area contributed by atoms with Crippen molar-refractivity contribution in [1.29, 1.82) is 0 Å². The molecule has 0 saturated heterocycles. The maximum Gasteiger partial charge on any atom is 1.00 e. The predicted molar refractivity (Wildman–Crippen MR) is 45.7 cm³/mol. The number of unbranched alkanes of at least 4 members (excludes halogenated alkanes) is 3. The predicted octanol–water partition coefficient (Wildman–Crippen LogP) is -2.07. The average molecular weight is 182 g/mol. The summed E-state index contributed by atoms with van der Waals surface area (Å²) in [5.41, 5.74) is 5.34. The second-order valence-corrected chi connectivity index (χ2v) is 2.45. The number of rotatable bonds is 7. The smallest absolute Gasteiger partial charge is 0.346 e. The van der Waals surface area contributed by atoms with Gasteiger partial charge in [0, 0.05) is 0 Å². The van der Waals surface area contributed by atoms with E-state index in [1.54, 1.807) is 0 Å². The zero-order valence-electron chi connectivity index (χ0n) is 7.73. The SMILES string of the molecule is [CH2-]CNCCCCCCN.[K+]. The summed E-state index contributed by atoms with van der Waals surface area (Å²) in [6.07, 6.45) is 5.00. The van der Waals surface area contributed by atoms with Crippen LogP contribution in [0.4, 0.5) is 0 Å². The van der Waals surface area contributed by atoms with E-state index in [0.29, 0.717) is 0 Å². The Hall–Kier alpha value is 1.56. The third-order valence-electron chi connectivity index (χ3n) is 1.48. The fourth-order valence-corrected chi connectivity index (χ4v) is 0.873. The molecule has 0 aromatic heterocycles. The van der Waals surface area contributed by atoms with E-state index in [-0.39, 0.29) is 51.4 Å². The first kappa shape index (κ1) is 15.0. The van der Waals surface area contributed by atoms with Crippen molar-refractivity contribution < 1.29 is 51.4 Å². The van der Waals surface area contributed by atoms with Crippen LogP contribution in [0.5, 0.6) is 0 Å². The van der Waals surface area contributed by atoms with Gasteiger partial charge in [0.25, 0.3) is 0 Å². The molecule has 0 atom stereocenters. The van der Waals surface area contributed by atoms with Gasteiger partial charge in [-0.1, -0.05) is 12.8 Å². The van der Waals surface area contributed by atoms with Gasteiger partial charge in [0.1, 0.15) is 0 Å². The monoisotopic (exact) mass is 182 g/mol. The minimum atomic E-state index is 0. The van der Waals surface area contributed by atoms with Gasteiger partial charge in [-0.3, -0.25) is 0 Å². The molecular formula is C8H19KN2. The molecule has 11 heavy (non-hydrogen) atoms. The van der Waals surface area contributed by atoms with Crippen molar-refractivity contribution in [3.63, 3.8) is 0 Å². The van der Waals surface area contributed by atoms with Crippen molar-refractivity contribution in [2.45, 2.75) is 25.7 Å². The van der Waals surface area contributed by atoms with Gasteiger partial charge < -0.3 is 18.0 Å². The Morgan fingerprint density at radius 3 is 2.27 bits per heavy atom. The Balaban J connectivity index is 0. The molecule has 0 aliphatic heterocycles. The molecule has 0 aromatic rings. The first-order chi connectivity index (χ1) is 4.91. The van der Waals surface area contributed by atoms with Crippen LogP contribution in [0.3, 0.4) is 0 Å². The molecule has 0 spiro atoms. The zero-order chi connectivity index (χ0) is 7.66. The second kappa shape index (κ2) is 14.1. The summed E-state index contributed by atoms with van der Waals surface area (Å²) in [5.74, 6) is 0. The van der Waals surface area contributed by atoms with E-state index in [1.807, 2.05) is 0 Å². The first-order valence-electron chi connectivity index (χ1n) is 4.12. The molecule has 0 aliphatic carbocycles. The largest absolute Gasteiger partial charge is 1.00 e. The topological polar surface area (TPSA) is 38.0 Å². The Morgan fingerprint density at radius 2 is 1.73 bits per heavy atom. The van der Waals surface area contributed by atoms with Gasteiger partial charge >= 0.3 is 51.4 Å². The van der Waals surface area contributed by atoms with Crippen LogP contribution in [0, 0.1) is 6.92 Å². The molecule has 0 heterocycles. The number of nitrogens with two attached hydrogens (primary N) is 1. The van der Waals surface area contributed by atoms with E-state index in [0.717, 1.165) is 19.6 Å². The molecule has 0 fully saturated rings. The summed E-state index contributed by atoms with van der Waals surface area (Å²) in [4.78, 5) is 0. The van der Waals surface area contributed by atoms with Crippen molar-refractivity contribution >= 4 is 0 Å². The van der Waals surface area contributed by atoms with Crippen LogP contribution >= 0.6 is 0 Å². The first-order valence-corrected chi connectivity index (χ1v) is 4.12. The second-order valence-electron chi connectivity index (χ2n) is 2.45. The van der Waals surface area contributed by atoms with Crippen molar-refractivity contribution in [1.82, 2.24) is 5.32 Å². The van der Waals surface area contributed by atoms with Crippen molar-refractivity contribution in [2.75, 3.05) is 19.6 Å². The van der Waals surface area contributed by atoms with Crippen LogP contribution in [0.25, 0.3) is 0 Å². The molecular weight excluding hydrogens is 163 g/mol. The van der Waals surface area contributed by atoms with Crippen molar-refractivity contribution in [3.8, 4) is 0 Å². The summed E-state index contributed by atoms with van der Waals surface area (Å²) in [6.45, 7) is 6.47. The summed E-state index contributed by atoms with van der Waals surface area (Å²) in [7, 11) is 0. The van der Waals surface area contributed by atoms with Crippen LogP contribution in [0.1, 0.15) is 25.7 Å². The van der Waals surface area contributed by atoms with Crippen molar-refractivity contribution in [2.24, 2.45) is 5.73 Å². The van der Waals surface area contributed by atoms with Crippen LogP contribution in [-0.4, -0.2) is 19.6 Å². The maximum atomic E-state index is 5.34. The van der Waals surface area contributed by atoms with Gasteiger partial charge in [0.05, 0.1) is 0 Å². The molecule has 0 radical (unpaired) electrons. The summed E-state index contributed by atoms with van der Waals surface area (Å²) in [5, 5.41) is 3.18. The Morgan fingerprint density at radius 1 is 1.09 bits per heavy atom. The molecule has 0 amide bonds. The molecule has 0 unspecified atom stereocenters. The number of hydrogen-bond donors (Lipinski definition) is 2. The van der Waals surface area contributed by atoms with Gasteiger partial charge in [-0.05, 0) is 25.9 Å². The molecule has 3 N–H and O–H groups in total. The van der Waals surface area contributed by atoms with E-state index in [9.17, 15) is 0 Å². The van der Waals surface area contributed by atoms with Gasteiger partial charge in [-0.15, -0.1) is 6.54 Å². The molecule has 0 rings (SSSR count). The molecule has 0 aliphatic rings. The van der Waals surface area contributed by atoms with E-state index < -0.39 is 0 Å². The van der Waals surface area contributed by atoms with Crippen LogP contribution in [-0.2, 0) is 0 Å². The van der Waals surface area contributed by atoms with E-state index >= 15 is 0 Å². The number of nitrogens with one attached hydrogen (secondary N) is 1. The third kappa shape index (κ3) is 14.4. The van der Waals surface area contributed by atoms with Gasteiger partial charge in [0.2, 0.25) is 0 Å². The molecule has 62 valence electrons. The minimum absolute atomic E-state index is 0. The molecule has 2 nitrogen and oxygen atoms in total. The molecule has 0 bridgehead atoms. The summed E-state index contributed by atoms with van der Waals surface area (Å²) >= 11 is 0. The molecule has 3 heteroatoms. The average Bonchev–Trinajstić information content (AvgIpc) is 1.97. The Bertz CT molecular complexity index is 52.1. The maximum absolute atomic E-state index is 5.34. The zero-order valence-corrected chi connectivity index (χ0v) is 10.9. The summed E-state index contributed by atoms with van der Waals surface area (Å²) < 4.78 is 0. The number of hydrogen-bond acceptors (Lipinski definition) is 2. The van der Waals surface area contributed by atoms with E-state index in [4.69, 9.17) is 5.73 Å². The van der Waals surface area contributed by atoms with E-state index in [2.05, 4.69) is 12.2 Å². The van der Waals surface area contributed by atoms with Crippen molar-refractivity contribution in [3.05, 3.63) is 6.92 Å². The van der Waals surface area contributed by atoms with Gasteiger partial charge in [-0.25, -0.2) is 0 Å². The Labute approximate surface area is 113 Å². The quantitative estimate of drug-likeness (QED) is 0.270. The molecule has 0 aromatic carbocycles. The van der Waals surface area contributed by atoms with Crippen LogP contribution in [0.15, 0.2) is 0 Å². The Kier molecular flexibility index (Phi) is 19.3. The van der Waals surface area contributed by atoms with Gasteiger partial charge in [0.15, 0.2) is 0 Å².